The van der Waals surface area contributed by atoms with Crippen LogP contribution in [0.25, 0.3) is 0 Å². The number of hydrogen-bond acceptors (Lipinski definition) is 7. The summed E-state index contributed by atoms with van der Waals surface area (Å²) in [6.45, 7) is 3.63. The first-order chi connectivity index (χ1) is 10.5. The molecule has 0 radical (unpaired) electrons. The highest BCUT2D eigenvalue weighted by atomic mass is 16.6. The lowest BCUT2D eigenvalue weighted by Crippen LogP contribution is -2.21. The van der Waals surface area contributed by atoms with E-state index in [1.165, 1.54) is 0 Å². The minimum Gasteiger partial charge on any atom is -0.390 e. The van der Waals surface area contributed by atoms with Crippen molar-refractivity contribution in [3.8, 4) is 0 Å². The number of aromatic nitrogens is 4. The van der Waals surface area contributed by atoms with Gasteiger partial charge >= 0.3 is 5.95 Å². The van der Waals surface area contributed by atoms with Crippen molar-refractivity contribution >= 4 is 17.6 Å². The standard InChI is InChI=1S/C12H13N7O3/c1-8-3-5-10(6-4-8)11(20)14-13-9(2)7-18-16-12(15-17-18)19(21)22/h3-6H,7H2,1-2H3,(H,14,20)/b13-9-. The number of tetrazole rings is 1. The van der Waals surface area contributed by atoms with Crippen molar-refractivity contribution in [3.63, 3.8) is 0 Å². The van der Waals surface area contributed by atoms with Gasteiger partial charge < -0.3 is 10.1 Å². The molecule has 0 unspecified atom stereocenters. The zero-order valence-electron chi connectivity index (χ0n) is 11.9. The van der Waals surface area contributed by atoms with E-state index in [1.54, 1.807) is 19.1 Å². The van der Waals surface area contributed by atoms with Crippen molar-refractivity contribution in [1.29, 1.82) is 0 Å². The molecule has 0 atom stereocenters. The molecule has 10 nitrogen and oxygen atoms in total. The van der Waals surface area contributed by atoms with E-state index in [4.69, 9.17) is 0 Å². The predicted molar refractivity (Wildman–Crippen MR) is 76.2 cm³/mol. The van der Waals surface area contributed by atoms with Gasteiger partial charge in [0.25, 0.3) is 5.91 Å². The third kappa shape index (κ3) is 3.91. The average molecular weight is 303 g/mol. The molecule has 0 aliphatic carbocycles. The minimum absolute atomic E-state index is 0.0784. The second-order valence-corrected chi connectivity index (χ2v) is 4.53. The molecule has 1 aromatic carbocycles. The summed E-state index contributed by atoms with van der Waals surface area (Å²) >= 11 is 0. The van der Waals surface area contributed by atoms with Gasteiger partial charge in [0.05, 0.1) is 15.9 Å². The van der Waals surface area contributed by atoms with Crippen LogP contribution in [-0.2, 0) is 6.54 Å². The van der Waals surface area contributed by atoms with E-state index in [0.29, 0.717) is 11.3 Å². The van der Waals surface area contributed by atoms with Gasteiger partial charge in [0.1, 0.15) is 6.54 Å². The zero-order chi connectivity index (χ0) is 16.1. The molecular formula is C12H13N7O3. The molecule has 1 heterocycles. The van der Waals surface area contributed by atoms with Crippen LogP contribution in [-0.4, -0.2) is 36.7 Å². The van der Waals surface area contributed by atoms with Gasteiger partial charge in [0.2, 0.25) is 0 Å². The lowest BCUT2D eigenvalue weighted by molar-refractivity contribution is -0.394. The molecule has 0 saturated carbocycles. The molecule has 114 valence electrons. The summed E-state index contributed by atoms with van der Waals surface area (Å²) in [5.74, 6) is -0.937. The molecule has 0 bridgehead atoms. The highest BCUT2D eigenvalue weighted by Crippen LogP contribution is 2.02. The monoisotopic (exact) mass is 303 g/mol. The Hall–Kier alpha value is -3.17. The van der Waals surface area contributed by atoms with Crippen LogP contribution < -0.4 is 5.43 Å². The largest absolute Gasteiger partial charge is 0.514 e. The second-order valence-electron chi connectivity index (χ2n) is 4.53. The Labute approximate surface area is 125 Å². The Morgan fingerprint density at radius 1 is 1.41 bits per heavy atom. The molecular weight excluding hydrogens is 290 g/mol. The number of nitrogens with one attached hydrogen (secondary N) is 1. The first-order valence-electron chi connectivity index (χ1n) is 6.28. The van der Waals surface area contributed by atoms with Gasteiger partial charge in [-0.3, -0.25) is 4.79 Å². The maximum atomic E-state index is 11.8. The highest BCUT2D eigenvalue weighted by molar-refractivity contribution is 5.95. The van der Waals surface area contributed by atoms with Crippen LogP contribution in [0.4, 0.5) is 5.95 Å². The third-order valence-electron chi connectivity index (χ3n) is 2.64. The molecule has 0 aliphatic heterocycles. The van der Waals surface area contributed by atoms with Gasteiger partial charge in [-0.2, -0.15) is 5.10 Å². The number of amides is 1. The molecule has 0 aliphatic rings. The lowest BCUT2D eigenvalue weighted by Gasteiger charge is -2.02. The number of carbonyl (C=O) groups excluding carboxylic acids is 1. The van der Waals surface area contributed by atoms with Crippen LogP contribution in [0.1, 0.15) is 22.8 Å². The number of benzene rings is 1. The summed E-state index contributed by atoms with van der Waals surface area (Å²) in [6.07, 6.45) is 0. The maximum Gasteiger partial charge on any atom is 0.514 e. The third-order valence-corrected chi connectivity index (χ3v) is 2.64. The molecule has 0 spiro atoms. The number of carbonyl (C=O) groups is 1. The van der Waals surface area contributed by atoms with Crippen LogP contribution in [0.2, 0.25) is 0 Å². The number of nitrogens with zero attached hydrogens (tertiary/aromatic N) is 6. The average Bonchev–Trinajstić information content (AvgIpc) is 2.94. The summed E-state index contributed by atoms with van der Waals surface area (Å²) in [6, 6.07) is 7.03. The first kappa shape index (κ1) is 15.2. The van der Waals surface area contributed by atoms with Crippen LogP contribution in [0.15, 0.2) is 29.4 Å². The smallest absolute Gasteiger partial charge is 0.390 e. The van der Waals surface area contributed by atoms with Crippen LogP contribution in [0.3, 0.4) is 0 Å². The van der Waals surface area contributed by atoms with Crippen LogP contribution in [0.5, 0.6) is 0 Å². The normalized spacial score (nSPS) is 11.3. The zero-order valence-corrected chi connectivity index (χ0v) is 11.9. The maximum absolute atomic E-state index is 11.8. The highest BCUT2D eigenvalue weighted by Gasteiger charge is 2.15. The van der Waals surface area contributed by atoms with Gasteiger partial charge in [-0.15, -0.1) is 0 Å². The van der Waals surface area contributed by atoms with E-state index in [-0.39, 0.29) is 12.5 Å². The van der Waals surface area contributed by atoms with Gasteiger partial charge in [-0.1, -0.05) is 22.5 Å². The number of nitro groups is 1. The minimum atomic E-state index is -0.741. The topological polar surface area (TPSA) is 128 Å². The summed E-state index contributed by atoms with van der Waals surface area (Å²) in [5, 5.41) is 24.6. The Bertz CT molecular complexity index is 721. The van der Waals surface area contributed by atoms with Gasteiger partial charge in [0.15, 0.2) is 0 Å². The summed E-state index contributed by atoms with van der Waals surface area (Å²) in [7, 11) is 0. The molecule has 0 fully saturated rings. The Morgan fingerprint density at radius 3 is 2.68 bits per heavy atom. The van der Waals surface area contributed by atoms with Crippen molar-refractivity contribution in [1.82, 2.24) is 25.6 Å². The predicted octanol–water partition coefficient (Wildman–Crippen LogP) is 0.696. The Kier molecular flexibility index (Phi) is 4.51. The number of hydrazone groups is 1. The molecule has 1 N–H and O–H groups in total. The SMILES string of the molecule is C/C(Cn1nnc([N+](=O)[O-])n1)=N/NC(=O)c1ccc(C)cc1. The number of hydrogen-bond donors (Lipinski definition) is 1. The summed E-state index contributed by atoms with van der Waals surface area (Å²) < 4.78 is 0. The van der Waals surface area contributed by atoms with Crippen molar-refractivity contribution in [2.75, 3.05) is 0 Å². The molecule has 1 amide bonds. The second kappa shape index (κ2) is 6.52. The van der Waals surface area contributed by atoms with E-state index in [2.05, 4.69) is 25.9 Å². The van der Waals surface area contributed by atoms with Gasteiger partial charge in [0, 0.05) is 10.8 Å². The van der Waals surface area contributed by atoms with Crippen LogP contribution >= 0.6 is 0 Å². The van der Waals surface area contributed by atoms with Crippen molar-refractivity contribution < 1.29 is 9.72 Å². The molecule has 2 aromatic rings. The van der Waals surface area contributed by atoms with Gasteiger partial charge in [-0.05, 0) is 30.9 Å². The summed E-state index contributed by atoms with van der Waals surface area (Å²) in [5.41, 5.74) is 4.39. The molecule has 2 rings (SSSR count). The fourth-order valence-corrected chi connectivity index (χ4v) is 1.53. The fraction of sp³-hybridized carbons (Fsp3) is 0.250. The first-order valence-corrected chi connectivity index (χ1v) is 6.28. The van der Waals surface area contributed by atoms with Gasteiger partial charge in [-0.25, -0.2) is 5.43 Å². The van der Waals surface area contributed by atoms with Crippen molar-refractivity contribution in [3.05, 3.63) is 45.5 Å². The van der Waals surface area contributed by atoms with Crippen molar-refractivity contribution in [2.24, 2.45) is 5.10 Å². The van der Waals surface area contributed by atoms with E-state index < -0.39 is 10.9 Å². The van der Waals surface area contributed by atoms with Crippen LogP contribution in [0, 0.1) is 17.0 Å². The molecule has 1 aromatic heterocycles. The van der Waals surface area contributed by atoms with Crippen molar-refractivity contribution in [2.45, 2.75) is 20.4 Å². The quantitative estimate of drug-likeness (QED) is 0.491. The van der Waals surface area contributed by atoms with E-state index in [1.807, 2.05) is 19.1 Å². The van der Waals surface area contributed by atoms with E-state index >= 15 is 0 Å². The summed E-state index contributed by atoms with van der Waals surface area (Å²) in [4.78, 5) is 22.6. The molecule has 22 heavy (non-hydrogen) atoms. The molecule has 10 heteroatoms. The Balaban J connectivity index is 1.95. The lowest BCUT2D eigenvalue weighted by atomic mass is 10.1. The molecule has 0 saturated heterocycles. The fourth-order valence-electron chi connectivity index (χ4n) is 1.53. The Morgan fingerprint density at radius 2 is 2.09 bits per heavy atom. The van der Waals surface area contributed by atoms with E-state index in [9.17, 15) is 14.9 Å². The number of aryl methyl sites for hydroxylation is 1. The number of rotatable bonds is 5. The van der Waals surface area contributed by atoms with E-state index in [0.717, 1.165) is 10.4 Å².